The van der Waals surface area contributed by atoms with Crippen LogP contribution in [-0.4, -0.2) is 40.0 Å². The van der Waals surface area contributed by atoms with Crippen molar-refractivity contribution >= 4 is 5.91 Å². The molecule has 5 nitrogen and oxygen atoms in total. The summed E-state index contributed by atoms with van der Waals surface area (Å²) in [6.45, 7) is 4.42. The van der Waals surface area contributed by atoms with E-state index in [-0.39, 0.29) is 11.8 Å². The molecule has 2 saturated heterocycles. The minimum Gasteiger partial charge on any atom is -0.355 e. The molecule has 0 radical (unpaired) electrons. The Morgan fingerprint density at radius 2 is 2.05 bits per heavy atom. The van der Waals surface area contributed by atoms with Crippen LogP contribution in [0.2, 0.25) is 0 Å². The summed E-state index contributed by atoms with van der Waals surface area (Å²) in [6.07, 6.45) is 3.84. The van der Waals surface area contributed by atoms with Gasteiger partial charge in [0.05, 0.1) is 17.9 Å². The number of aromatic nitrogens is 2. The van der Waals surface area contributed by atoms with E-state index in [0.29, 0.717) is 5.92 Å². The summed E-state index contributed by atoms with van der Waals surface area (Å²) in [7, 11) is 0. The van der Waals surface area contributed by atoms with E-state index in [9.17, 15) is 4.79 Å². The van der Waals surface area contributed by atoms with Crippen molar-refractivity contribution in [2.45, 2.75) is 13.1 Å². The number of carbonyl (C=O) groups is 1. The predicted molar refractivity (Wildman–Crippen MR) is 83.0 cm³/mol. The predicted octanol–water partition coefficient (Wildman–Crippen LogP) is 1.11. The van der Waals surface area contributed by atoms with Gasteiger partial charge in [0.1, 0.15) is 0 Å². The quantitative estimate of drug-likeness (QED) is 0.919. The zero-order chi connectivity index (χ0) is 14.9. The van der Waals surface area contributed by atoms with Crippen LogP contribution in [-0.2, 0) is 17.9 Å². The maximum absolute atomic E-state index is 11.8. The molecule has 5 heteroatoms. The van der Waals surface area contributed by atoms with Crippen LogP contribution in [0.4, 0.5) is 0 Å². The average Bonchev–Trinajstić information content (AvgIpc) is 3.21. The lowest BCUT2D eigenvalue weighted by atomic mass is 10.0. The molecule has 2 aliphatic rings. The maximum Gasteiger partial charge on any atom is 0.224 e. The Bertz CT molecular complexity index is 666. The zero-order valence-corrected chi connectivity index (χ0v) is 12.5. The molecule has 3 heterocycles. The summed E-state index contributed by atoms with van der Waals surface area (Å²) >= 11 is 0. The fourth-order valence-corrected chi connectivity index (χ4v) is 3.59. The molecular weight excluding hydrogens is 276 g/mol. The minimum atomic E-state index is 0.186. The van der Waals surface area contributed by atoms with Gasteiger partial charge in [0, 0.05) is 44.8 Å². The van der Waals surface area contributed by atoms with Crippen molar-refractivity contribution in [1.29, 1.82) is 0 Å². The number of nitrogens with one attached hydrogen (secondary N) is 1. The standard InChI is InChI=1S/C17H20N4O/c22-17-16-11-20(9-14(16)6-19-17)10-15-7-18-12-21(15)8-13-4-2-1-3-5-13/h1-5,7,12,14,16H,6,8-11H2,(H,19,22)/t14-,16+/m0/s1. The van der Waals surface area contributed by atoms with Crippen LogP contribution in [0.15, 0.2) is 42.9 Å². The van der Waals surface area contributed by atoms with Crippen molar-refractivity contribution < 1.29 is 4.79 Å². The molecule has 22 heavy (non-hydrogen) atoms. The first-order valence-electron chi connectivity index (χ1n) is 7.82. The Morgan fingerprint density at radius 3 is 2.86 bits per heavy atom. The first-order chi connectivity index (χ1) is 10.8. The van der Waals surface area contributed by atoms with E-state index >= 15 is 0 Å². The third-order valence-corrected chi connectivity index (χ3v) is 4.77. The molecule has 114 valence electrons. The third-order valence-electron chi connectivity index (χ3n) is 4.77. The number of nitrogens with zero attached hydrogens (tertiary/aromatic N) is 3. The molecule has 2 aromatic rings. The second-order valence-electron chi connectivity index (χ2n) is 6.30. The van der Waals surface area contributed by atoms with Crippen molar-refractivity contribution in [3.05, 3.63) is 54.1 Å². The third kappa shape index (κ3) is 2.52. The van der Waals surface area contributed by atoms with Crippen molar-refractivity contribution in [2.24, 2.45) is 11.8 Å². The van der Waals surface area contributed by atoms with Gasteiger partial charge >= 0.3 is 0 Å². The molecule has 2 aliphatic heterocycles. The number of hydrogen-bond donors (Lipinski definition) is 1. The number of benzene rings is 1. The Labute approximate surface area is 130 Å². The summed E-state index contributed by atoms with van der Waals surface area (Å²) in [5.74, 6) is 0.897. The largest absolute Gasteiger partial charge is 0.355 e. The Morgan fingerprint density at radius 1 is 1.18 bits per heavy atom. The molecule has 2 atom stereocenters. The highest BCUT2D eigenvalue weighted by Crippen LogP contribution is 2.28. The number of fused-ring (bicyclic) bond motifs is 1. The zero-order valence-electron chi connectivity index (χ0n) is 12.5. The van der Waals surface area contributed by atoms with Gasteiger partial charge in [-0.05, 0) is 5.56 Å². The van der Waals surface area contributed by atoms with Gasteiger partial charge in [-0.1, -0.05) is 30.3 Å². The normalized spacial score (nSPS) is 24.5. The molecule has 4 rings (SSSR count). The second-order valence-corrected chi connectivity index (χ2v) is 6.30. The van der Waals surface area contributed by atoms with Gasteiger partial charge in [-0.2, -0.15) is 0 Å². The summed E-state index contributed by atoms with van der Waals surface area (Å²) in [4.78, 5) is 18.4. The Hall–Kier alpha value is -2.14. The Balaban J connectivity index is 1.44. The summed E-state index contributed by atoms with van der Waals surface area (Å²) in [6, 6.07) is 10.4. The molecule has 1 aromatic heterocycles. The lowest BCUT2D eigenvalue weighted by Gasteiger charge is -2.18. The number of likely N-dealkylation sites (tertiary alicyclic amines) is 1. The number of imidazole rings is 1. The Kier molecular flexibility index (Phi) is 3.42. The van der Waals surface area contributed by atoms with Gasteiger partial charge in [0.15, 0.2) is 0 Å². The number of carbonyl (C=O) groups excluding carboxylic acids is 1. The maximum atomic E-state index is 11.8. The second kappa shape index (κ2) is 5.57. The molecule has 2 fully saturated rings. The van der Waals surface area contributed by atoms with Crippen LogP contribution in [0.5, 0.6) is 0 Å². The minimum absolute atomic E-state index is 0.186. The van der Waals surface area contributed by atoms with Gasteiger partial charge < -0.3 is 9.88 Å². The first kappa shape index (κ1) is 13.5. The highest BCUT2D eigenvalue weighted by Gasteiger charge is 2.41. The van der Waals surface area contributed by atoms with E-state index in [1.807, 2.05) is 18.6 Å². The van der Waals surface area contributed by atoms with Crippen molar-refractivity contribution in [2.75, 3.05) is 19.6 Å². The highest BCUT2D eigenvalue weighted by molar-refractivity contribution is 5.81. The highest BCUT2D eigenvalue weighted by atomic mass is 16.2. The SMILES string of the molecule is O=C1NC[C@H]2CN(Cc3cncn3Cc3ccccc3)C[C@@H]12. The van der Waals surface area contributed by atoms with Crippen LogP contribution in [0.3, 0.4) is 0 Å². The van der Waals surface area contributed by atoms with E-state index in [4.69, 9.17) is 0 Å². The summed E-state index contributed by atoms with van der Waals surface area (Å²) in [5.41, 5.74) is 2.49. The van der Waals surface area contributed by atoms with Crippen LogP contribution in [0.1, 0.15) is 11.3 Å². The van der Waals surface area contributed by atoms with Crippen molar-refractivity contribution in [3.8, 4) is 0 Å². The summed E-state index contributed by atoms with van der Waals surface area (Å²) < 4.78 is 2.20. The topological polar surface area (TPSA) is 50.2 Å². The molecule has 1 N–H and O–H groups in total. The van der Waals surface area contributed by atoms with Crippen LogP contribution in [0, 0.1) is 11.8 Å². The van der Waals surface area contributed by atoms with E-state index in [1.165, 1.54) is 11.3 Å². The monoisotopic (exact) mass is 296 g/mol. The van der Waals surface area contributed by atoms with E-state index < -0.39 is 0 Å². The molecule has 0 aliphatic carbocycles. The molecule has 0 unspecified atom stereocenters. The van der Waals surface area contributed by atoms with Crippen LogP contribution < -0.4 is 5.32 Å². The molecule has 0 bridgehead atoms. The lowest BCUT2D eigenvalue weighted by molar-refractivity contribution is -0.122. The summed E-state index contributed by atoms with van der Waals surface area (Å²) in [5, 5.41) is 2.96. The van der Waals surface area contributed by atoms with E-state index in [1.54, 1.807) is 0 Å². The number of amides is 1. The van der Waals surface area contributed by atoms with Gasteiger partial charge in [0.25, 0.3) is 0 Å². The van der Waals surface area contributed by atoms with E-state index in [0.717, 1.165) is 32.7 Å². The smallest absolute Gasteiger partial charge is 0.224 e. The fraction of sp³-hybridized carbons (Fsp3) is 0.412. The van der Waals surface area contributed by atoms with Crippen LogP contribution in [0.25, 0.3) is 0 Å². The van der Waals surface area contributed by atoms with Crippen LogP contribution >= 0.6 is 0 Å². The van der Waals surface area contributed by atoms with Crippen molar-refractivity contribution in [1.82, 2.24) is 19.8 Å². The number of rotatable bonds is 4. The van der Waals surface area contributed by atoms with Gasteiger partial charge in [-0.3, -0.25) is 9.69 Å². The molecule has 0 spiro atoms. The average molecular weight is 296 g/mol. The molecule has 1 amide bonds. The van der Waals surface area contributed by atoms with Gasteiger partial charge in [-0.15, -0.1) is 0 Å². The number of hydrogen-bond acceptors (Lipinski definition) is 3. The lowest BCUT2D eigenvalue weighted by Crippen LogP contribution is -2.29. The molecule has 1 aromatic carbocycles. The van der Waals surface area contributed by atoms with Crippen molar-refractivity contribution in [3.63, 3.8) is 0 Å². The fourth-order valence-electron chi connectivity index (χ4n) is 3.59. The molecular formula is C17H20N4O. The van der Waals surface area contributed by atoms with Gasteiger partial charge in [0.2, 0.25) is 5.91 Å². The first-order valence-corrected chi connectivity index (χ1v) is 7.82. The van der Waals surface area contributed by atoms with Gasteiger partial charge in [-0.25, -0.2) is 4.98 Å². The van der Waals surface area contributed by atoms with E-state index in [2.05, 4.69) is 44.0 Å². The molecule has 0 saturated carbocycles.